The highest BCUT2D eigenvalue weighted by Gasteiger charge is 2.29. The van der Waals surface area contributed by atoms with Crippen molar-refractivity contribution in [2.45, 2.75) is 25.7 Å². The average Bonchev–Trinajstić information content (AvgIpc) is 3.01. The number of hydrogen-bond donors (Lipinski definition) is 1. The van der Waals surface area contributed by atoms with Crippen molar-refractivity contribution < 1.29 is 14.2 Å². The Morgan fingerprint density at radius 1 is 1.50 bits per heavy atom. The fourth-order valence-electron chi connectivity index (χ4n) is 2.86. The summed E-state index contributed by atoms with van der Waals surface area (Å²) in [5, 5.41) is 14.8. The van der Waals surface area contributed by atoms with Crippen molar-refractivity contribution in [2.24, 2.45) is 0 Å². The number of benzene rings is 1. The first-order valence-corrected chi connectivity index (χ1v) is 7.59. The molecule has 0 spiro atoms. The monoisotopic (exact) mass is 331 g/mol. The molecule has 0 aliphatic carbocycles. The number of amides is 1. The van der Waals surface area contributed by atoms with Gasteiger partial charge in [0.15, 0.2) is 5.82 Å². The quantitative estimate of drug-likeness (QED) is 0.516. The number of aromatic nitrogens is 2. The molecule has 2 heterocycles. The van der Waals surface area contributed by atoms with E-state index in [1.165, 1.54) is 18.2 Å². The number of nitro groups is 1. The molecular formula is C15H17N5O4. The predicted octanol–water partition coefficient (Wildman–Crippen LogP) is 1.89. The van der Waals surface area contributed by atoms with Crippen LogP contribution in [-0.2, 0) is 0 Å². The Balaban J connectivity index is 1.79. The molecule has 126 valence electrons. The maximum Gasteiger partial charge on any atom is 0.292 e. The number of rotatable bonds is 3. The molecule has 1 atom stereocenters. The summed E-state index contributed by atoms with van der Waals surface area (Å²) in [6.45, 7) is 2.77. The third-order valence-corrected chi connectivity index (χ3v) is 4.08. The summed E-state index contributed by atoms with van der Waals surface area (Å²) in [6, 6.07) is 4.11. The highest BCUT2D eigenvalue weighted by atomic mass is 16.6. The fourth-order valence-corrected chi connectivity index (χ4v) is 2.86. The van der Waals surface area contributed by atoms with Gasteiger partial charge in [-0.15, -0.1) is 0 Å². The van der Waals surface area contributed by atoms with Gasteiger partial charge < -0.3 is 15.2 Å². The van der Waals surface area contributed by atoms with Gasteiger partial charge in [0, 0.05) is 24.7 Å². The van der Waals surface area contributed by atoms with Crippen LogP contribution in [0.1, 0.15) is 40.8 Å². The SMILES string of the molecule is Cc1noc(C2CCCN(C(=O)c3ccc(N)c([N+](=O)[O-])c3)C2)n1. The highest BCUT2D eigenvalue weighted by Crippen LogP contribution is 2.28. The zero-order valence-electron chi connectivity index (χ0n) is 13.1. The summed E-state index contributed by atoms with van der Waals surface area (Å²) in [4.78, 5) is 28.9. The minimum absolute atomic E-state index is 0.0207. The van der Waals surface area contributed by atoms with E-state index < -0.39 is 4.92 Å². The van der Waals surface area contributed by atoms with Gasteiger partial charge in [0.1, 0.15) is 5.69 Å². The van der Waals surface area contributed by atoms with Crippen LogP contribution in [-0.4, -0.2) is 39.0 Å². The second kappa shape index (κ2) is 6.26. The summed E-state index contributed by atoms with van der Waals surface area (Å²) in [6.07, 6.45) is 1.65. The van der Waals surface area contributed by atoms with E-state index in [0.29, 0.717) is 24.8 Å². The molecule has 9 heteroatoms. The third-order valence-electron chi connectivity index (χ3n) is 4.08. The number of nitrogens with zero attached hydrogens (tertiary/aromatic N) is 4. The Morgan fingerprint density at radius 3 is 2.96 bits per heavy atom. The number of nitrogens with two attached hydrogens (primary N) is 1. The van der Waals surface area contributed by atoms with Gasteiger partial charge in [0.05, 0.1) is 10.8 Å². The summed E-state index contributed by atoms with van der Waals surface area (Å²) in [7, 11) is 0. The van der Waals surface area contributed by atoms with Crippen LogP contribution in [0.25, 0.3) is 0 Å². The number of likely N-dealkylation sites (tertiary alicyclic amines) is 1. The molecule has 1 saturated heterocycles. The lowest BCUT2D eigenvalue weighted by Crippen LogP contribution is -2.39. The number of anilines is 1. The molecule has 1 amide bonds. The Hall–Kier alpha value is -2.97. The molecule has 9 nitrogen and oxygen atoms in total. The number of carbonyl (C=O) groups is 1. The van der Waals surface area contributed by atoms with E-state index in [1.807, 2.05) is 0 Å². The van der Waals surface area contributed by atoms with Gasteiger partial charge in [0.2, 0.25) is 5.89 Å². The lowest BCUT2D eigenvalue weighted by molar-refractivity contribution is -0.383. The maximum absolute atomic E-state index is 12.7. The molecule has 3 rings (SSSR count). The summed E-state index contributed by atoms with van der Waals surface area (Å²) in [5.41, 5.74) is 5.60. The number of hydrogen-bond acceptors (Lipinski definition) is 7. The van der Waals surface area contributed by atoms with E-state index >= 15 is 0 Å². The van der Waals surface area contributed by atoms with Crippen LogP contribution in [0, 0.1) is 17.0 Å². The summed E-state index contributed by atoms with van der Waals surface area (Å²) >= 11 is 0. The highest BCUT2D eigenvalue weighted by molar-refractivity contribution is 5.95. The number of piperidine rings is 1. The van der Waals surface area contributed by atoms with Crippen LogP contribution in [0.3, 0.4) is 0 Å². The van der Waals surface area contributed by atoms with Crippen molar-refractivity contribution >= 4 is 17.3 Å². The van der Waals surface area contributed by atoms with Crippen LogP contribution in [0.2, 0.25) is 0 Å². The molecule has 1 aliphatic heterocycles. The molecular weight excluding hydrogens is 314 g/mol. The molecule has 1 fully saturated rings. The van der Waals surface area contributed by atoms with Gasteiger partial charge >= 0.3 is 0 Å². The van der Waals surface area contributed by atoms with Gasteiger partial charge in [-0.2, -0.15) is 4.98 Å². The molecule has 0 saturated carbocycles. The Labute approximate surface area is 137 Å². The van der Waals surface area contributed by atoms with Crippen LogP contribution in [0.5, 0.6) is 0 Å². The maximum atomic E-state index is 12.7. The molecule has 1 aliphatic rings. The van der Waals surface area contributed by atoms with Gasteiger partial charge in [-0.25, -0.2) is 0 Å². The van der Waals surface area contributed by atoms with Crippen molar-refractivity contribution in [3.8, 4) is 0 Å². The van der Waals surface area contributed by atoms with Crippen LogP contribution in [0.15, 0.2) is 22.7 Å². The second-order valence-corrected chi connectivity index (χ2v) is 5.80. The summed E-state index contributed by atoms with van der Waals surface area (Å²) < 4.78 is 5.20. The van der Waals surface area contributed by atoms with Crippen molar-refractivity contribution in [1.82, 2.24) is 15.0 Å². The lowest BCUT2D eigenvalue weighted by atomic mass is 9.97. The van der Waals surface area contributed by atoms with Gasteiger partial charge in [-0.3, -0.25) is 14.9 Å². The molecule has 1 unspecified atom stereocenters. The van der Waals surface area contributed by atoms with Crippen molar-refractivity contribution in [3.05, 3.63) is 45.6 Å². The first kappa shape index (κ1) is 15.9. The van der Waals surface area contributed by atoms with Gasteiger partial charge in [-0.1, -0.05) is 5.16 Å². The largest absolute Gasteiger partial charge is 0.393 e. The number of carbonyl (C=O) groups excluding carboxylic acids is 1. The fraction of sp³-hybridized carbons (Fsp3) is 0.400. The zero-order valence-corrected chi connectivity index (χ0v) is 13.1. The van der Waals surface area contributed by atoms with Crippen molar-refractivity contribution in [2.75, 3.05) is 18.8 Å². The van der Waals surface area contributed by atoms with E-state index in [4.69, 9.17) is 10.3 Å². The molecule has 0 radical (unpaired) electrons. The standard InChI is InChI=1S/C15H17N5O4/c1-9-17-14(24-18-9)11-3-2-6-19(8-11)15(21)10-4-5-12(16)13(7-10)20(22)23/h4-5,7,11H,2-3,6,8,16H2,1H3. The van der Waals surface area contributed by atoms with Gasteiger partial charge in [-0.05, 0) is 31.9 Å². The number of aryl methyl sites for hydroxylation is 1. The first-order valence-electron chi connectivity index (χ1n) is 7.59. The molecule has 24 heavy (non-hydrogen) atoms. The Morgan fingerprint density at radius 2 is 2.29 bits per heavy atom. The number of nitrogen functional groups attached to an aromatic ring is 1. The smallest absolute Gasteiger partial charge is 0.292 e. The normalized spacial score (nSPS) is 17.7. The first-order chi connectivity index (χ1) is 11.5. The van der Waals surface area contributed by atoms with Crippen LogP contribution < -0.4 is 5.73 Å². The lowest BCUT2D eigenvalue weighted by Gasteiger charge is -2.31. The minimum atomic E-state index is -0.591. The average molecular weight is 331 g/mol. The van der Waals surface area contributed by atoms with Crippen LogP contribution >= 0.6 is 0 Å². The van der Waals surface area contributed by atoms with Crippen LogP contribution in [0.4, 0.5) is 11.4 Å². The molecule has 1 aromatic carbocycles. The van der Waals surface area contributed by atoms with E-state index in [-0.39, 0.29) is 28.8 Å². The minimum Gasteiger partial charge on any atom is -0.393 e. The third kappa shape index (κ3) is 3.05. The topological polar surface area (TPSA) is 128 Å². The predicted molar refractivity (Wildman–Crippen MR) is 84.4 cm³/mol. The Bertz CT molecular complexity index is 788. The van der Waals surface area contributed by atoms with E-state index in [2.05, 4.69) is 10.1 Å². The molecule has 1 aromatic heterocycles. The zero-order chi connectivity index (χ0) is 17.3. The van der Waals surface area contributed by atoms with E-state index in [9.17, 15) is 14.9 Å². The molecule has 2 aromatic rings. The number of nitro benzene ring substituents is 1. The van der Waals surface area contributed by atoms with E-state index in [0.717, 1.165) is 12.8 Å². The van der Waals surface area contributed by atoms with Crippen molar-refractivity contribution in [1.29, 1.82) is 0 Å². The molecule has 2 N–H and O–H groups in total. The Kier molecular flexibility index (Phi) is 4.15. The molecule has 0 bridgehead atoms. The summed E-state index contributed by atoms with van der Waals surface area (Å²) in [5.74, 6) is 0.794. The van der Waals surface area contributed by atoms with Gasteiger partial charge in [0.25, 0.3) is 11.6 Å². The van der Waals surface area contributed by atoms with E-state index in [1.54, 1.807) is 11.8 Å². The second-order valence-electron chi connectivity index (χ2n) is 5.80. The van der Waals surface area contributed by atoms with Crippen molar-refractivity contribution in [3.63, 3.8) is 0 Å².